The third-order valence-corrected chi connectivity index (χ3v) is 8.87. The Morgan fingerprint density at radius 1 is 0.681 bits per heavy atom. The van der Waals surface area contributed by atoms with E-state index >= 15 is 0 Å². The molecule has 2 aromatic heterocycles. The average molecular weight is 621 g/mol. The summed E-state index contributed by atoms with van der Waals surface area (Å²) in [4.78, 5) is 9.14. The SMILES string of the molecule is [2H]C([2H])([2H])c1ccnc(-n2c3cc(Oc4cccc(N5CN(c6cccc(C(C)(C)C)c6)c6ccccc65)c4)ccc3c3c(C([2H])([2H])[2H])cccc32)c1. The Kier molecular flexibility index (Phi) is 5.38. The van der Waals surface area contributed by atoms with Crippen molar-refractivity contribution < 1.29 is 13.0 Å². The second-order valence-electron chi connectivity index (χ2n) is 13.0. The van der Waals surface area contributed by atoms with Crippen molar-refractivity contribution in [3.63, 3.8) is 0 Å². The molecule has 3 heterocycles. The van der Waals surface area contributed by atoms with Crippen molar-refractivity contribution in [1.82, 2.24) is 9.55 Å². The molecule has 0 saturated heterocycles. The van der Waals surface area contributed by atoms with Crippen LogP contribution in [0.4, 0.5) is 22.7 Å². The molecule has 7 aromatic rings. The van der Waals surface area contributed by atoms with Crippen LogP contribution >= 0.6 is 0 Å². The van der Waals surface area contributed by atoms with Gasteiger partial charge in [-0.1, -0.05) is 63.2 Å². The summed E-state index contributed by atoms with van der Waals surface area (Å²) in [6, 6.07) is 38.8. The number of pyridine rings is 1. The van der Waals surface area contributed by atoms with Gasteiger partial charge in [0, 0.05) is 48.7 Å². The largest absolute Gasteiger partial charge is 0.457 e. The zero-order valence-corrected chi connectivity index (χ0v) is 26.5. The van der Waals surface area contributed by atoms with E-state index in [2.05, 4.69) is 90.2 Å². The number of ether oxygens (including phenoxy) is 1. The van der Waals surface area contributed by atoms with E-state index < -0.39 is 13.7 Å². The van der Waals surface area contributed by atoms with Crippen molar-refractivity contribution >= 4 is 44.6 Å². The van der Waals surface area contributed by atoms with E-state index in [0.29, 0.717) is 45.8 Å². The number of rotatable bonds is 5. The number of para-hydroxylation sites is 2. The number of fused-ring (bicyclic) bond motifs is 4. The fourth-order valence-electron chi connectivity index (χ4n) is 6.55. The third kappa shape index (κ3) is 5.08. The monoisotopic (exact) mass is 620 g/mol. The normalized spacial score (nSPS) is 15.5. The van der Waals surface area contributed by atoms with Gasteiger partial charge in [0.15, 0.2) is 0 Å². The van der Waals surface area contributed by atoms with Gasteiger partial charge in [-0.3, -0.25) is 4.57 Å². The second-order valence-corrected chi connectivity index (χ2v) is 13.0. The van der Waals surface area contributed by atoms with Crippen LogP contribution in [-0.2, 0) is 5.41 Å². The third-order valence-electron chi connectivity index (χ3n) is 8.87. The van der Waals surface area contributed by atoms with Crippen LogP contribution in [0.3, 0.4) is 0 Å². The van der Waals surface area contributed by atoms with Crippen LogP contribution in [0, 0.1) is 13.7 Å². The number of aromatic nitrogens is 2. The summed E-state index contributed by atoms with van der Waals surface area (Å²) in [5, 5.41) is 1.25. The molecule has 0 amide bonds. The molecule has 5 heteroatoms. The van der Waals surface area contributed by atoms with Gasteiger partial charge < -0.3 is 14.5 Å². The van der Waals surface area contributed by atoms with E-state index in [1.54, 1.807) is 12.1 Å². The van der Waals surface area contributed by atoms with Gasteiger partial charge in [0.05, 0.1) is 22.4 Å². The summed E-state index contributed by atoms with van der Waals surface area (Å²) >= 11 is 0. The van der Waals surface area contributed by atoms with E-state index in [-0.39, 0.29) is 16.5 Å². The molecule has 0 spiro atoms. The maximum absolute atomic E-state index is 8.28. The van der Waals surface area contributed by atoms with Crippen molar-refractivity contribution in [3.05, 3.63) is 144 Å². The standard InChI is InChI=1S/C42H38N4O/c1-28-21-22-43-40(23-28)46-38-18-8-11-29(2)41(38)35-20-19-34(26-39(35)46)47-33-15-10-14-32(25-33)45-27-44(36-16-6-7-17-37(36)45)31-13-9-12-30(24-31)42(3,4)5/h6-26H,27H2,1-5H3/i1D3,2D3. The molecule has 5 aromatic carbocycles. The van der Waals surface area contributed by atoms with Gasteiger partial charge in [-0.2, -0.15) is 0 Å². The second kappa shape index (κ2) is 11.1. The lowest BCUT2D eigenvalue weighted by molar-refractivity contribution is 0.483. The van der Waals surface area contributed by atoms with Gasteiger partial charge in [0.2, 0.25) is 0 Å². The highest BCUT2D eigenvalue weighted by Gasteiger charge is 2.28. The molecular formula is C42H38N4O. The lowest BCUT2D eigenvalue weighted by Crippen LogP contribution is -2.24. The first-order chi connectivity index (χ1) is 25.2. The van der Waals surface area contributed by atoms with Crippen molar-refractivity contribution in [2.24, 2.45) is 0 Å². The molecule has 232 valence electrons. The van der Waals surface area contributed by atoms with E-state index in [0.717, 1.165) is 22.7 Å². The molecule has 47 heavy (non-hydrogen) atoms. The average Bonchev–Trinajstić information content (AvgIpc) is 3.67. The summed E-state index contributed by atoms with van der Waals surface area (Å²) in [7, 11) is 0. The Balaban J connectivity index is 1.19. The van der Waals surface area contributed by atoms with Crippen molar-refractivity contribution in [2.75, 3.05) is 16.5 Å². The first kappa shape index (κ1) is 22.9. The number of hydrogen-bond acceptors (Lipinski definition) is 4. The highest BCUT2D eigenvalue weighted by Crippen LogP contribution is 2.45. The highest BCUT2D eigenvalue weighted by atomic mass is 16.5. The molecule has 0 unspecified atom stereocenters. The van der Waals surface area contributed by atoms with Gasteiger partial charge in [-0.05, 0) is 103 Å². The summed E-state index contributed by atoms with van der Waals surface area (Å²) in [5.41, 5.74) is 7.19. The molecule has 0 fully saturated rings. The number of anilines is 4. The van der Waals surface area contributed by atoms with E-state index in [9.17, 15) is 0 Å². The maximum atomic E-state index is 8.28. The van der Waals surface area contributed by atoms with Gasteiger partial charge in [-0.15, -0.1) is 0 Å². The lowest BCUT2D eigenvalue weighted by Gasteiger charge is -2.25. The van der Waals surface area contributed by atoms with Crippen LogP contribution in [0.1, 0.15) is 45.7 Å². The summed E-state index contributed by atoms with van der Waals surface area (Å²) in [5.74, 6) is 1.52. The van der Waals surface area contributed by atoms with Gasteiger partial charge in [0.1, 0.15) is 24.0 Å². The Morgan fingerprint density at radius 2 is 1.43 bits per heavy atom. The first-order valence-electron chi connectivity index (χ1n) is 18.7. The minimum Gasteiger partial charge on any atom is -0.457 e. The predicted molar refractivity (Wildman–Crippen MR) is 195 cm³/mol. The fourth-order valence-corrected chi connectivity index (χ4v) is 6.55. The van der Waals surface area contributed by atoms with E-state index in [1.807, 2.05) is 47.0 Å². The first-order valence-corrected chi connectivity index (χ1v) is 15.7. The van der Waals surface area contributed by atoms with Crippen LogP contribution in [0.2, 0.25) is 0 Å². The Bertz CT molecular complexity index is 2510. The zero-order chi connectivity index (χ0) is 37.3. The Hall–Kier alpha value is -5.55. The molecule has 1 aliphatic heterocycles. The topological polar surface area (TPSA) is 33.5 Å². The zero-order valence-electron chi connectivity index (χ0n) is 32.5. The van der Waals surface area contributed by atoms with Crippen LogP contribution in [-0.4, -0.2) is 16.2 Å². The molecule has 1 aliphatic rings. The van der Waals surface area contributed by atoms with E-state index in [1.165, 1.54) is 23.9 Å². The molecule has 0 saturated carbocycles. The van der Waals surface area contributed by atoms with Crippen LogP contribution in [0.5, 0.6) is 11.5 Å². The van der Waals surface area contributed by atoms with Crippen molar-refractivity contribution in [1.29, 1.82) is 0 Å². The summed E-state index contributed by atoms with van der Waals surface area (Å²) < 4.78 is 57.2. The molecular weight excluding hydrogens is 576 g/mol. The lowest BCUT2D eigenvalue weighted by atomic mass is 9.87. The molecule has 0 radical (unpaired) electrons. The molecule has 0 bridgehead atoms. The smallest absolute Gasteiger partial charge is 0.137 e. The Labute approximate surface area is 284 Å². The molecule has 5 nitrogen and oxygen atoms in total. The van der Waals surface area contributed by atoms with E-state index in [4.69, 9.17) is 13.0 Å². The van der Waals surface area contributed by atoms with Gasteiger partial charge in [-0.25, -0.2) is 4.98 Å². The molecule has 0 aliphatic carbocycles. The molecule has 0 N–H and O–H groups in total. The fraction of sp³-hybridized carbons (Fsp3) is 0.167. The summed E-state index contributed by atoms with van der Waals surface area (Å²) in [6.45, 7) is 2.58. The van der Waals surface area contributed by atoms with Crippen LogP contribution in [0.25, 0.3) is 27.6 Å². The predicted octanol–water partition coefficient (Wildman–Crippen LogP) is 11.1. The van der Waals surface area contributed by atoms with Crippen LogP contribution in [0.15, 0.2) is 128 Å². The number of hydrogen-bond donors (Lipinski definition) is 0. The number of nitrogens with zero attached hydrogens (tertiary/aromatic N) is 4. The quantitative estimate of drug-likeness (QED) is 0.192. The van der Waals surface area contributed by atoms with Crippen molar-refractivity contribution in [3.8, 4) is 17.3 Å². The van der Waals surface area contributed by atoms with Gasteiger partial charge in [0.25, 0.3) is 0 Å². The maximum Gasteiger partial charge on any atom is 0.137 e. The number of aryl methyl sites for hydroxylation is 2. The highest BCUT2D eigenvalue weighted by molar-refractivity contribution is 6.11. The molecule has 8 rings (SSSR count). The molecule has 0 atom stereocenters. The van der Waals surface area contributed by atoms with Crippen LogP contribution < -0.4 is 14.5 Å². The van der Waals surface area contributed by atoms with Crippen molar-refractivity contribution in [2.45, 2.75) is 39.9 Å². The number of benzene rings is 5. The minimum absolute atomic E-state index is 0.0219. The minimum atomic E-state index is -2.37. The Morgan fingerprint density at radius 3 is 2.19 bits per heavy atom. The summed E-state index contributed by atoms with van der Waals surface area (Å²) in [6.07, 6.45) is 1.47. The van der Waals surface area contributed by atoms with Gasteiger partial charge >= 0.3 is 0 Å².